The average Bonchev–Trinajstić information content (AvgIpc) is 2.75. The maximum Gasteiger partial charge on any atom is 0.243 e. The summed E-state index contributed by atoms with van der Waals surface area (Å²) in [7, 11) is -3.46. The topological polar surface area (TPSA) is 60.9 Å². The number of carbonyl (C=O) groups is 1. The van der Waals surface area contributed by atoms with Crippen LogP contribution in [0.25, 0.3) is 0 Å². The summed E-state index contributed by atoms with van der Waals surface area (Å²) in [6, 6.07) is 8.74. The predicted octanol–water partition coefficient (Wildman–Crippen LogP) is 2.56. The number of likely N-dealkylation sites (N-methyl/N-ethyl adjacent to an activating group) is 1. The molecule has 3 rings (SSSR count). The van der Waals surface area contributed by atoms with Crippen molar-refractivity contribution in [2.24, 2.45) is 0 Å². The maximum absolute atomic E-state index is 13.1. The summed E-state index contributed by atoms with van der Waals surface area (Å²) in [5.41, 5.74) is 0. The lowest BCUT2D eigenvalue weighted by Gasteiger charge is -2.40. The van der Waals surface area contributed by atoms with Gasteiger partial charge in [-0.1, -0.05) is 37.5 Å². The highest BCUT2D eigenvalue weighted by Crippen LogP contribution is 2.24. The van der Waals surface area contributed by atoms with Crippen molar-refractivity contribution < 1.29 is 13.2 Å². The number of carbonyl (C=O) groups excluding carboxylic acids is 1. The van der Waals surface area contributed by atoms with E-state index < -0.39 is 10.0 Å². The number of rotatable bonds is 6. The summed E-state index contributed by atoms with van der Waals surface area (Å²) >= 11 is 0. The van der Waals surface area contributed by atoms with Crippen LogP contribution in [0.4, 0.5) is 0 Å². The highest BCUT2D eigenvalue weighted by Gasteiger charge is 2.34. The lowest BCUT2D eigenvalue weighted by atomic mass is 9.93. The first-order valence-electron chi connectivity index (χ1n) is 10.5. The Hall–Kier alpha value is -1.44. The van der Waals surface area contributed by atoms with E-state index in [4.69, 9.17) is 0 Å². The van der Waals surface area contributed by atoms with E-state index in [2.05, 4.69) is 16.7 Å². The van der Waals surface area contributed by atoms with Crippen molar-refractivity contribution in [1.82, 2.24) is 14.1 Å². The molecule has 1 heterocycles. The van der Waals surface area contributed by atoms with Gasteiger partial charge in [0.05, 0.1) is 10.9 Å². The van der Waals surface area contributed by atoms with Crippen LogP contribution in [0.3, 0.4) is 0 Å². The van der Waals surface area contributed by atoms with Gasteiger partial charge in [0, 0.05) is 38.8 Å². The monoisotopic (exact) mass is 407 g/mol. The van der Waals surface area contributed by atoms with Gasteiger partial charge in [0.2, 0.25) is 15.9 Å². The molecular weight excluding hydrogens is 374 g/mol. The minimum Gasteiger partial charge on any atom is -0.339 e. The average molecular weight is 408 g/mol. The van der Waals surface area contributed by atoms with Crippen molar-refractivity contribution in [3.8, 4) is 0 Å². The van der Waals surface area contributed by atoms with E-state index in [0.29, 0.717) is 37.1 Å². The fraction of sp³-hybridized carbons (Fsp3) is 0.667. The normalized spacial score (nSPS) is 21.4. The summed E-state index contributed by atoms with van der Waals surface area (Å²) in [6.45, 7) is 6.78. The van der Waals surface area contributed by atoms with Crippen molar-refractivity contribution in [3.63, 3.8) is 0 Å². The van der Waals surface area contributed by atoms with Gasteiger partial charge in [0.15, 0.2) is 0 Å². The van der Waals surface area contributed by atoms with Crippen LogP contribution in [0.1, 0.15) is 46.0 Å². The molecule has 2 aliphatic rings. The molecule has 156 valence electrons. The fourth-order valence-electron chi connectivity index (χ4n) is 4.46. The van der Waals surface area contributed by atoms with Crippen LogP contribution in [0, 0.1) is 0 Å². The molecule has 0 spiro atoms. The first kappa shape index (κ1) is 21.3. The van der Waals surface area contributed by atoms with Crippen molar-refractivity contribution >= 4 is 15.9 Å². The maximum atomic E-state index is 13.1. The van der Waals surface area contributed by atoms with E-state index in [1.54, 1.807) is 24.3 Å². The van der Waals surface area contributed by atoms with Gasteiger partial charge in [-0.2, -0.15) is 4.31 Å². The molecule has 1 atom stereocenters. The van der Waals surface area contributed by atoms with Crippen molar-refractivity contribution in [2.75, 3.05) is 32.7 Å². The van der Waals surface area contributed by atoms with Gasteiger partial charge in [-0.15, -0.1) is 0 Å². The van der Waals surface area contributed by atoms with Crippen molar-refractivity contribution in [1.29, 1.82) is 0 Å². The smallest absolute Gasteiger partial charge is 0.243 e. The molecule has 1 saturated heterocycles. The second kappa shape index (κ2) is 9.37. The highest BCUT2D eigenvalue weighted by molar-refractivity contribution is 7.89. The number of piperazine rings is 1. The van der Waals surface area contributed by atoms with E-state index >= 15 is 0 Å². The summed E-state index contributed by atoms with van der Waals surface area (Å²) in [5.74, 6) is 0.189. The van der Waals surface area contributed by atoms with Crippen LogP contribution in [0.2, 0.25) is 0 Å². The third-order valence-electron chi connectivity index (χ3n) is 6.20. The summed E-state index contributed by atoms with van der Waals surface area (Å²) in [4.78, 5) is 17.6. The predicted molar refractivity (Wildman–Crippen MR) is 110 cm³/mol. The Kier molecular flexibility index (Phi) is 7.12. The molecule has 28 heavy (non-hydrogen) atoms. The lowest BCUT2D eigenvalue weighted by molar-refractivity contribution is -0.139. The molecule has 0 N–H and O–H groups in total. The zero-order chi connectivity index (χ0) is 20.1. The molecule has 1 aliphatic carbocycles. The van der Waals surface area contributed by atoms with Gasteiger partial charge >= 0.3 is 0 Å². The standard InChI is InChI=1S/C21H33N3O3S/c1-3-24(19-10-6-4-7-11-19)21(25)18(2)22-14-16-23(17-15-22)28(26,27)20-12-8-5-9-13-20/h5,8-9,12-13,18-19H,3-4,6-7,10-11,14-17H2,1-2H3/t18-/m0/s1. The zero-order valence-electron chi connectivity index (χ0n) is 17.1. The number of nitrogens with zero attached hydrogens (tertiary/aromatic N) is 3. The van der Waals surface area contributed by atoms with Gasteiger partial charge in [0.25, 0.3) is 0 Å². The van der Waals surface area contributed by atoms with Crippen LogP contribution in [-0.2, 0) is 14.8 Å². The Morgan fingerprint density at radius 3 is 2.25 bits per heavy atom. The van der Waals surface area contributed by atoms with Gasteiger partial charge < -0.3 is 4.90 Å². The number of hydrogen-bond donors (Lipinski definition) is 0. The Morgan fingerprint density at radius 2 is 1.68 bits per heavy atom. The largest absolute Gasteiger partial charge is 0.339 e. The van der Waals surface area contributed by atoms with E-state index in [1.807, 2.05) is 13.0 Å². The quantitative estimate of drug-likeness (QED) is 0.727. The Bertz CT molecular complexity index is 739. The summed E-state index contributed by atoms with van der Waals surface area (Å²) in [5, 5.41) is 0. The molecule has 1 saturated carbocycles. The van der Waals surface area contributed by atoms with Crippen LogP contribution in [0.5, 0.6) is 0 Å². The van der Waals surface area contributed by atoms with Crippen LogP contribution < -0.4 is 0 Å². The first-order valence-corrected chi connectivity index (χ1v) is 12.0. The third kappa shape index (κ3) is 4.58. The number of benzene rings is 1. The molecule has 1 aromatic rings. The van der Waals surface area contributed by atoms with E-state index in [1.165, 1.54) is 23.6 Å². The molecule has 1 aromatic carbocycles. The van der Waals surface area contributed by atoms with Crippen molar-refractivity contribution in [2.45, 2.75) is 62.9 Å². The minimum atomic E-state index is -3.46. The highest BCUT2D eigenvalue weighted by atomic mass is 32.2. The van der Waals surface area contributed by atoms with Gasteiger partial charge in [-0.05, 0) is 38.8 Å². The number of sulfonamides is 1. The molecule has 1 aliphatic heterocycles. The van der Waals surface area contributed by atoms with E-state index in [9.17, 15) is 13.2 Å². The molecule has 6 nitrogen and oxygen atoms in total. The van der Waals surface area contributed by atoms with Gasteiger partial charge in [0.1, 0.15) is 0 Å². The Balaban J connectivity index is 1.60. The third-order valence-corrected chi connectivity index (χ3v) is 8.11. The molecule has 0 unspecified atom stereocenters. The molecule has 2 fully saturated rings. The summed E-state index contributed by atoms with van der Waals surface area (Å²) < 4.78 is 27.1. The van der Waals surface area contributed by atoms with Crippen LogP contribution >= 0.6 is 0 Å². The number of hydrogen-bond acceptors (Lipinski definition) is 4. The van der Waals surface area contributed by atoms with Crippen LogP contribution in [-0.4, -0.2) is 73.2 Å². The first-order chi connectivity index (χ1) is 13.4. The SMILES string of the molecule is CCN(C(=O)[C@H](C)N1CCN(S(=O)(=O)c2ccccc2)CC1)C1CCCCC1. The Labute approximate surface area is 169 Å². The molecule has 0 aromatic heterocycles. The van der Waals surface area contributed by atoms with E-state index in [0.717, 1.165) is 19.4 Å². The van der Waals surface area contributed by atoms with Gasteiger partial charge in [-0.25, -0.2) is 8.42 Å². The molecule has 0 bridgehead atoms. The molecule has 0 radical (unpaired) electrons. The molecule has 1 amide bonds. The Morgan fingerprint density at radius 1 is 1.07 bits per heavy atom. The van der Waals surface area contributed by atoms with E-state index in [-0.39, 0.29) is 11.9 Å². The van der Waals surface area contributed by atoms with Gasteiger partial charge in [-0.3, -0.25) is 9.69 Å². The molecular formula is C21H33N3O3S. The van der Waals surface area contributed by atoms with Crippen LogP contribution in [0.15, 0.2) is 35.2 Å². The molecule has 7 heteroatoms. The summed E-state index contributed by atoms with van der Waals surface area (Å²) in [6.07, 6.45) is 5.90. The lowest BCUT2D eigenvalue weighted by Crippen LogP contribution is -2.56. The second-order valence-corrected chi connectivity index (χ2v) is 9.78. The fourth-order valence-corrected chi connectivity index (χ4v) is 5.90. The zero-order valence-corrected chi connectivity index (χ0v) is 17.9. The van der Waals surface area contributed by atoms with Crippen molar-refractivity contribution in [3.05, 3.63) is 30.3 Å². The number of amides is 1. The second-order valence-electron chi connectivity index (χ2n) is 7.85. The minimum absolute atomic E-state index is 0.189.